The van der Waals surface area contributed by atoms with Crippen LogP contribution in [0.25, 0.3) is 0 Å². The van der Waals surface area contributed by atoms with Crippen molar-refractivity contribution in [3.05, 3.63) is 29.6 Å². The molecular weight excluding hydrogens is 175 g/mol. The highest BCUT2D eigenvalue weighted by Crippen LogP contribution is 2.20. The molecule has 0 amide bonds. The summed E-state index contributed by atoms with van der Waals surface area (Å²) in [6.45, 7) is 1.91. The number of thioether (sulfide) groups is 1. The minimum Gasteiger partial charge on any atom is -0.392 e. The van der Waals surface area contributed by atoms with Gasteiger partial charge in [0.25, 0.3) is 0 Å². The topological polar surface area (TPSA) is 20.2 Å². The summed E-state index contributed by atoms with van der Waals surface area (Å²) in [5.41, 5.74) is 0.631. The number of halogens is 1. The normalized spacial score (nSPS) is 10.2. The van der Waals surface area contributed by atoms with E-state index in [9.17, 15) is 4.39 Å². The van der Waals surface area contributed by atoms with E-state index in [2.05, 4.69) is 0 Å². The Hall–Kier alpha value is -0.540. The molecular formula is C9H11FOS. The summed E-state index contributed by atoms with van der Waals surface area (Å²) in [5, 5.41) is 8.78. The maximum absolute atomic E-state index is 12.8. The second-order valence-electron chi connectivity index (χ2n) is 2.39. The molecule has 0 unspecified atom stereocenters. The molecule has 0 atom stereocenters. The summed E-state index contributed by atoms with van der Waals surface area (Å²) in [6.07, 6.45) is 0. The fraction of sp³-hybridized carbons (Fsp3) is 0.333. The van der Waals surface area contributed by atoms with Gasteiger partial charge in [-0.1, -0.05) is 6.92 Å². The van der Waals surface area contributed by atoms with E-state index in [-0.39, 0.29) is 12.4 Å². The molecule has 0 spiro atoms. The Morgan fingerprint density at radius 1 is 1.42 bits per heavy atom. The molecule has 1 aromatic carbocycles. The lowest BCUT2D eigenvalue weighted by molar-refractivity contribution is 0.281. The average Bonchev–Trinajstić information content (AvgIpc) is 2.04. The highest BCUT2D eigenvalue weighted by Gasteiger charge is 1.99. The van der Waals surface area contributed by atoms with Crippen molar-refractivity contribution in [1.82, 2.24) is 0 Å². The first-order valence-corrected chi connectivity index (χ1v) is 4.78. The quantitative estimate of drug-likeness (QED) is 0.731. The number of aliphatic hydroxyl groups excluding tert-OH is 1. The van der Waals surface area contributed by atoms with Crippen LogP contribution in [-0.4, -0.2) is 10.9 Å². The van der Waals surface area contributed by atoms with Gasteiger partial charge in [-0.15, -0.1) is 11.8 Å². The summed E-state index contributed by atoms with van der Waals surface area (Å²) in [5.74, 6) is 0.631. The Bertz CT molecular complexity index is 263. The summed E-state index contributed by atoms with van der Waals surface area (Å²) in [6, 6.07) is 4.63. The SMILES string of the molecule is CCSc1cc(F)cc(CO)c1. The van der Waals surface area contributed by atoms with Crippen molar-refractivity contribution in [2.24, 2.45) is 0 Å². The van der Waals surface area contributed by atoms with Gasteiger partial charge in [0.2, 0.25) is 0 Å². The van der Waals surface area contributed by atoms with Crippen LogP contribution >= 0.6 is 11.8 Å². The number of aliphatic hydroxyl groups is 1. The minimum atomic E-state index is -0.280. The Morgan fingerprint density at radius 2 is 2.17 bits per heavy atom. The number of hydrogen-bond donors (Lipinski definition) is 1. The summed E-state index contributed by atoms with van der Waals surface area (Å²) in [4.78, 5) is 0.876. The third-order valence-electron chi connectivity index (χ3n) is 1.42. The summed E-state index contributed by atoms with van der Waals surface area (Å²) >= 11 is 1.57. The van der Waals surface area contributed by atoms with Crippen LogP contribution in [0.3, 0.4) is 0 Å². The highest BCUT2D eigenvalue weighted by atomic mass is 32.2. The fourth-order valence-corrected chi connectivity index (χ4v) is 1.73. The van der Waals surface area contributed by atoms with E-state index in [0.29, 0.717) is 5.56 Å². The van der Waals surface area contributed by atoms with E-state index in [1.54, 1.807) is 17.8 Å². The molecule has 66 valence electrons. The van der Waals surface area contributed by atoms with Crippen LogP contribution in [0, 0.1) is 5.82 Å². The van der Waals surface area contributed by atoms with E-state index in [0.717, 1.165) is 10.6 Å². The molecule has 0 fully saturated rings. The van der Waals surface area contributed by atoms with Gasteiger partial charge >= 0.3 is 0 Å². The molecule has 0 bridgehead atoms. The van der Waals surface area contributed by atoms with Gasteiger partial charge < -0.3 is 5.11 Å². The van der Waals surface area contributed by atoms with Crippen molar-refractivity contribution in [2.75, 3.05) is 5.75 Å². The third kappa shape index (κ3) is 2.50. The molecule has 1 N–H and O–H groups in total. The van der Waals surface area contributed by atoms with Gasteiger partial charge in [0.1, 0.15) is 5.82 Å². The fourth-order valence-electron chi connectivity index (χ4n) is 0.962. The van der Waals surface area contributed by atoms with Crippen molar-refractivity contribution in [2.45, 2.75) is 18.4 Å². The smallest absolute Gasteiger partial charge is 0.124 e. The van der Waals surface area contributed by atoms with Gasteiger partial charge in [0, 0.05) is 4.90 Å². The first-order chi connectivity index (χ1) is 5.76. The molecule has 1 nitrogen and oxygen atoms in total. The maximum Gasteiger partial charge on any atom is 0.124 e. The molecule has 0 aliphatic heterocycles. The highest BCUT2D eigenvalue weighted by molar-refractivity contribution is 7.99. The van der Waals surface area contributed by atoms with Crippen LogP contribution in [0.15, 0.2) is 23.1 Å². The van der Waals surface area contributed by atoms with Gasteiger partial charge in [0.15, 0.2) is 0 Å². The van der Waals surface area contributed by atoms with Crippen molar-refractivity contribution in [1.29, 1.82) is 0 Å². The molecule has 12 heavy (non-hydrogen) atoms. The van der Waals surface area contributed by atoms with Crippen molar-refractivity contribution >= 4 is 11.8 Å². The standard InChI is InChI=1S/C9H11FOS/c1-2-12-9-4-7(6-11)3-8(10)5-9/h3-5,11H,2,6H2,1H3. The lowest BCUT2D eigenvalue weighted by Gasteiger charge is -2.01. The Balaban J connectivity index is 2.90. The van der Waals surface area contributed by atoms with E-state index in [4.69, 9.17) is 5.11 Å². The summed E-state index contributed by atoms with van der Waals surface area (Å²) < 4.78 is 12.8. The molecule has 3 heteroatoms. The second-order valence-corrected chi connectivity index (χ2v) is 3.72. The van der Waals surface area contributed by atoms with Crippen molar-refractivity contribution in [3.8, 4) is 0 Å². The first-order valence-electron chi connectivity index (χ1n) is 3.79. The second kappa shape index (κ2) is 4.48. The Morgan fingerprint density at radius 3 is 2.75 bits per heavy atom. The minimum absolute atomic E-state index is 0.102. The van der Waals surface area contributed by atoms with E-state index in [1.807, 2.05) is 6.92 Å². The number of hydrogen-bond acceptors (Lipinski definition) is 2. The monoisotopic (exact) mass is 186 g/mol. The predicted molar refractivity (Wildman–Crippen MR) is 48.7 cm³/mol. The Kier molecular flexibility index (Phi) is 3.56. The van der Waals surface area contributed by atoms with Gasteiger partial charge in [-0.05, 0) is 29.5 Å². The molecule has 0 aliphatic rings. The molecule has 0 saturated heterocycles. The van der Waals surface area contributed by atoms with Crippen LogP contribution in [-0.2, 0) is 6.61 Å². The van der Waals surface area contributed by atoms with Gasteiger partial charge in [-0.2, -0.15) is 0 Å². The van der Waals surface area contributed by atoms with Crippen LogP contribution in [0.4, 0.5) is 4.39 Å². The predicted octanol–water partition coefficient (Wildman–Crippen LogP) is 2.43. The van der Waals surface area contributed by atoms with Gasteiger partial charge in [-0.25, -0.2) is 4.39 Å². The van der Waals surface area contributed by atoms with E-state index in [1.165, 1.54) is 12.1 Å². The summed E-state index contributed by atoms with van der Waals surface area (Å²) in [7, 11) is 0. The van der Waals surface area contributed by atoms with Crippen LogP contribution in [0.5, 0.6) is 0 Å². The largest absolute Gasteiger partial charge is 0.392 e. The molecule has 1 rings (SSSR count). The zero-order chi connectivity index (χ0) is 8.97. The molecule has 0 saturated carbocycles. The first kappa shape index (κ1) is 9.55. The molecule has 0 heterocycles. The molecule has 0 aliphatic carbocycles. The third-order valence-corrected chi connectivity index (χ3v) is 2.28. The lowest BCUT2D eigenvalue weighted by atomic mass is 10.2. The van der Waals surface area contributed by atoms with E-state index >= 15 is 0 Å². The van der Waals surface area contributed by atoms with Crippen LogP contribution < -0.4 is 0 Å². The average molecular weight is 186 g/mol. The molecule has 0 radical (unpaired) electrons. The van der Waals surface area contributed by atoms with Gasteiger partial charge in [-0.3, -0.25) is 0 Å². The Labute approximate surface area is 75.6 Å². The zero-order valence-corrected chi connectivity index (χ0v) is 7.70. The van der Waals surface area contributed by atoms with Crippen LogP contribution in [0.2, 0.25) is 0 Å². The van der Waals surface area contributed by atoms with Crippen molar-refractivity contribution in [3.63, 3.8) is 0 Å². The molecule has 0 aromatic heterocycles. The van der Waals surface area contributed by atoms with Gasteiger partial charge in [0.05, 0.1) is 6.61 Å². The lowest BCUT2D eigenvalue weighted by Crippen LogP contribution is -1.86. The number of rotatable bonds is 3. The van der Waals surface area contributed by atoms with E-state index < -0.39 is 0 Å². The molecule has 1 aromatic rings. The maximum atomic E-state index is 12.8. The zero-order valence-electron chi connectivity index (χ0n) is 6.88. The van der Waals surface area contributed by atoms with Crippen molar-refractivity contribution < 1.29 is 9.50 Å². The number of benzene rings is 1. The van der Waals surface area contributed by atoms with Crippen LogP contribution in [0.1, 0.15) is 12.5 Å².